The average molecular weight is 1170 g/mol. The summed E-state index contributed by atoms with van der Waals surface area (Å²) in [7, 11) is 0. The average Bonchev–Trinajstić information content (AvgIpc) is 1.00. The molecule has 4 aromatic heterocycles. The van der Waals surface area contributed by atoms with Crippen LogP contribution in [-0.2, 0) is 0 Å². The van der Waals surface area contributed by atoms with Crippen LogP contribution in [0.2, 0.25) is 0 Å². The van der Waals surface area contributed by atoms with E-state index in [0.29, 0.717) is 11.6 Å². The lowest BCUT2D eigenvalue weighted by atomic mass is 9.91. The van der Waals surface area contributed by atoms with Crippen molar-refractivity contribution >= 4 is 53.9 Å². The Kier molecular flexibility index (Phi) is 14.5. The minimum absolute atomic E-state index is 0.703. The Hall–Kier alpha value is -12.4. The summed E-state index contributed by atoms with van der Waals surface area (Å²) in [5.41, 5.74) is 19.0. The van der Waals surface area contributed by atoms with E-state index in [1.165, 1.54) is 59.6 Å². The van der Waals surface area contributed by atoms with E-state index in [-0.39, 0.29) is 0 Å². The van der Waals surface area contributed by atoms with Crippen LogP contribution in [0, 0.1) is 0 Å². The van der Waals surface area contributed by atoms with Crippen molar-refractivity contribution < 1.29 is 0 Å². The van der Waals surface area contributed by atoms with Crippen LogP contribution < -0.4 is 0 Å². The highest BCUT2D eigenvalue weighted by Gasteiger charge is 2.20. The Balaban J connectivity index is 0.000000147. The first-order chi connectivity index (χ1) is 45.6. The highest BCUT2D eigenvalue weighted by Crippen LogP contribution is 2.42. The van der Waals surface area contributed by atoms with E-state index < -0.39 is 0 Å². The Bertz CT molecular complexity index is 5590. The van der Waals surface area contributed by atoms with Crippen LogP contribution in [-0.4, -0.2) is 29.9 Å². The van der Waals surface area contributed by atoms with E-state index in [1.54, 1.807) is 12.4 Å². The molecule has 0 saturated carbocycles. The van der Waals surface area contributed by atoms with Crippen molar-refractivity contribution in [3.8, 4) is 112 Å². The lowest BCUT2D eigenvalue weighted by Gasteiger charge is -2.15. The van der Waals surface area contributed by atoms with Crippen molar-refractivity contribution in [1.82, 2.24) is 29.9 Å². The molecular formula is C86H56N6. The second-order valence-corrected chi connectivity index (χ2v) is 23.0. The Morgan fingerprint density at radius 1 is 0.185 bits per heavy atom. The molecule has 0 spiro atoms. The van der Waals surface area contributed by atoms with E-state index in [1.807, 2.05) is 55.1 Å². The van der Waals surface area contributed by atoms with Crippen molar-refractivity contribution in [1.29, 1.82) is 0 Å². The van der Waals surface area contributed by atoms with Gasteiger partial charge in [0.15, 0.2) is 11.6 Å². The van der Waals surface area contributed by atoms with Gasteiger partial charge in [0.2, 0.25) is 0 Å². The smallest absolute Gasteiger partial charge is 0.160 e. The highest BCUT2D eigenvalue weighted by atomic mass is 14.9. The van der Waals surface area contributed by atoms with Gasteiger partial charge in [0.05, 0.1) is 11.4 Å². The normalized spacial score (nSPS) is 11.3. The molecule has 0 saturated heterocycles. The Labute approximate surface area is 533 Å². The number of benzene rings is 13. The SMILES string of the molecule is c1ccc(-c2ncc(-c3cccc(-c4cccnc4)c3)c(-c3cccc(-c4cc5ccccc5c5ccccc45)c3)n2)cc1.c1cncc(-c2cccc(-c3cnc(-c4cccc5ccccc45)nc3-c3cccc(-c4cc5ccccc5c5ccccc45)c3)c2)c1. The molecule has 0 bridgehead atoms. The molecule has 13 aromatic carbocycles. The van der Waals surface area contributed by atoms with Crippen molar-refractivity contribution in [2.75, 3.05) is 0 Å². The van der Waals surface area contributed by atoms with Crippen LogP contribution in [0.15, 0.2) is 340 Å². The lowest BCUT2D eigenvalue weighted by molar-refractivity contribution is 1.18. The zero-order valence-corrected chi connectivity index (χ0v) is 50.0. The largest absolute Gasteiger partial charge is 0.264 e. The van der Waals surface area contributed by atoms with Crippen LogP contribution in [0.4, 0.5) is 0 Å². The molecule has 430 valence electrons. The predicted molar refractivity (Wildman–Crippen MR) is 382 cm³/mol. The fourth-order valence-electron chi connectivity index (χ4n) is 13.0. The van der Waals surface area contributed by atoms with Gasteiger partial charge in [-0.1, -0.05) is 255 Å². The lowest BCUT2D eigenvalue weighted by Crippen LogP contribution is -1.97. The second-order valence-electron chi connectivity index (χ2n) is 23.0. The zero-order valence-electron chi connectivity index (χ0n) is 50.0. The van der Waals surface area contributed by atoms with E-state index in [9.17, 15) is 0 Å². The summed E-state index contributed by atoms with van der Waals surface area (Å²) in [5.74, 6) is 1.41. The maximum absolute atomic E-state index is 5.37. The molecule has 4 heterocycles. The van der Waals surface area contributed by atoms with Crippen LogP contribution >= 0.6 is 0 Å². The van der Waals surface area contributed by atoms with Crippen molar-refractivity contribution in [3.05, 3.63) is 340 Å². The summed E-state index contributed by atoms with van der Waals surface area (Å²) < 4.78 is 0. The van der Waals surface area contributed by atoms with Crippen LogP contribution in [0.5, 0.6) is 0 Å². The molecule has 92 heavy (non-hydrogen) atoms. The second kappa shape index (κ2) is 24.3. The van der Waals surface area contributed by atoms with Gasteiger partial charge in [-0.3, -0.25) is 9.97 Å². The fraction of sp³-hybridized carbons (Fsp3) is 0. The van der Waals surface area contributed by atoms with Crippen molar-refractivity contribution in [2.24, 2.45) is 0 Å². The summed E-state index contributed by atoms with van der Waals surface area (Å²) in [6, 6.07) is 107. The molecule has 0 aliphatic heterocycles. The summed E-state index contributed by atoms with van der Waals surface area (Å²) in [6.45, 7) is 0. The van der Waals surface area contributed by atoms with Crippen molar-refractivity contribution in [3.63, 3.8) is 0 Å². The molecule has 6 heteroatoms. The number of rotatable bonds is 10. The monoisotopic (exact) mass is 1170 g/mol. The molecule has 17 aromatic rings. The molecule has 17 rings (SSSR count). The zero-order chi connectivity index (χ0) is 61.2. The minimum Gasteiger partial charge on any atom is -0.264 e. The van der Waals surface area contributed by atoms with Gasteiger partial charge in [-0.25, -0.2) is 19.9 Å². The number of pyridine rings is 2. The maximum atomic E-state index is 5.37. The van der Waals surface area contributed by atoms with E-state index in [4.69, 9.17) is 19.9 Å². The number of hydrogen-bond donors (Lipinski definition) is 0. The van der Waals surface area contributed by atoms with Gasteiger partial charge in [0.1, 0.15) is 0 Å². The summed E-state index contributed by atoms with van der Waals surface area (Å²) in [4.78, 5) is 29.1. The molecule has 6 nitrogen and oxygen atoms in total. The molecule has 0 aliphatic rings. The molecule has 0 N–H and O–H groups in total. The van der Waals surface area contributed by atoms with E-state index >= 15 is 0 Å². The van der Waals surface area contributed by atoms with Crippen LogP contribution in [0.3, 0.4) is 0 Å². The molecule has 0 amide bonds. The summed E-state index contributed by atoms with van der Waals surface area (Å²) in [5, 5.41) is 12.3. The van der Waals surface area contributed by atoms with Crippen molar-refractivity contribution in [2.45, 2.75) is 0 Å². The third-order valence-corrected chi connectivity index (χ3v) is 17.4. The van der Waals surface area contributed by atoms with Gasteiger partial charge in [-0.15, -0.1) is 0 Å². The summed E-state index contributed by atoms with van der Waals surface area (Å²) >= 11 is 0. The fourth-order valence-corrected chi connectivity index (χ4v) is 13.0. The van der Waals surface area contributed by atoms with Gasteiger partial charge in [0, 0.05) is 81.7 Å². The third-order valence-electron chi connectivity index (χ3n) is 17.4. The Morgan fingerprint density at radius 2 is 0.543 bits per heavy atom. The van der Waals surface area contributed by atoms with Gasteiger partial charge in [0.25, 0.3) is 0 Å². The third kappa shape index (κ3) is 10.7. The van der Waals surface area contributed by atoms with E-state index in [0.717, 1.165) is 94.7 Å². The van der Waals surface area contributed by atoms with Gasteiger partial charge < -0.3 is 0 Å². The quantitative estimate of drug-likeness (QED) is 0.127. The van der Waals surface area contributed by atoms with E-state index in [2.05, 4.69) is 283 Å². The molecule has 0 fully saturated rings. The standard InChI is InChI=1S/C45H29N3.C41H27N3/c1-3-19-37-30(11-1)13-9-23-41(37)45-47-29-43(33-16-7-14-31(25-33)36-18-10-24-46-28-36)44(48-45)35-17-8-15-32(26-35)42-27-34-12-2-4-20-38(34)39-21-5-6-22-40(39)42;1-2-11-28(12-3-1)41-43-27-39(31-16-8-14-29(23-31)34-18-10-22-42-26-34)40(44-41)33-17-9-15-30(24-33)38-25-32-13-4-5-19-35(32)36-20-6-7-21-37(36)38/h1-29H;1-27H. The number of nitrogens with zero attached hydrogens (tertiary/aromatic N) is 6. The highest BCUT2D eigenvalue weighted by molar-refractivity contribution is 6.15. The molecule has 0 atom stereocenters. The molecule has 0 aliphatic carbocycles. The Morgan fingerprint density at radius 3 is 1.05 bits per heavy atom. The van der Waals surface area contributed by atoms with Gasteiger partial charge >= 0.3 is 0 Å². The maximum Gasteiger partial charge on any atom is 0.160 e. The molecule has 0 unspecified atom stereocenters. The van der Waals surface area contributed by atoms with Gasteiger partial charge in [-0.05, 0) is 147 Å². The number of aromatic nitrogens is 6. The number of hydrogen-bond acceptors (Lipinski definition) is 6. The predicted octanol–water partition coefficient (Wildman–Crippen LogP) is 22.2. The van der Waals surface area contributed by atoms with Crippen LogP contribution in [0.25, 0.3) is 166 Å². The van der Waals surface area contributed by atoms with Crippen LogP contribution in [0.1, 0.15) is 0 Å². The summed E-state index contributed by atoms with van der Waals surface area (Å²) in [6.07, 6.45) is 11.3. The number of fused-ring (bicyclic) bond motifs is 7. The molecular weight excluding hydrogens is 1120 g/mol. The first-order valence-electron chi connectivity index (χ1n) is 30.9. The first kappa shape index (κ1) is 55.0. The van der Waals surface area contributed by atoms with Gasteiger partial charge in [-0.2, -0.15) is 0 Å². The topological polar surface area (TPSA) is 77.3 Å². The first-order valence-corrected chi connectivity index (χ1v) is 30.9. The molecule has 0 radical (unpaired) electrons. The minimum atomic E-state index is 0.703.